The summed E-state index contributed by atoms with van der Waals surface area (Å²) < 4.78 is 10.9. The molecule has 0 bridgehead atoms. The highest BCUT2D eigenvalue weighted by molar-refractivity contribution is 7.11. The predicted octanol–water partition coefficient (Wildman–Crippen LogP) is 2.48. The highest BCUT2D eigenvalue weighted by Crippen LogP contribution is 2.32. The number of rotatable bonds is 2. The highest BCUT2D eigenvalue weighted by Gasteiger charge is 2.14. The van der Waals surface area contributed by atoms with Crippen LogP contribution in [0.3, 0.4) is 0 Å². The Labute approximate surface area is 114 Å². The van der Waals surface area contributed by atoms with Crippen LogP contribution in [-0.4, -0.2) is 24.1 Å². The van der Waals surface area contributed by atoms with E-state index in [1.54, 1.807) is 18.2 Å². The number of ether oxygens (including phenoxy) is 2. The molecule has 0 saturated carbocycles. The van der Waals surface area contributed by atoms with E-state index in [4.69, 9.17) is 9.47 Å². The third kappa shape index (κ3) is 2.53. The summed E-state index contributed by atoms with van der Waals surface area (Å²) in [6.07, 6.45) is 0. The maximum atomic E-state index is 12.0. The number of amides is 1. The highest BCUT2D eigenvalue weighted by atomic mass is 32.1. The van der Waals surface area contributed by atoms with Crippen molar-refractivity contribution in [1.29, 1.82) is 0 Å². The molecule has 0 saturated heterocycles. The minimum Gasteiger partial charge on any atom is -0.486 e. The Bertz CT molecular complexity index is 624. The summed E-state index contributed by atoms with van der Waals surface area (Å²) in [5.74, 6) is 1.14. The molecule has 0 fully saturated rings. The van der Waals surface area contributed by atoms with Gasteiger partial charge in [-0.05, 0) is 19.1 Å². The van der Waals surface area contributed by atoms with E-state index in [1.165, 1.54) is 11.3 Å². The van der Waals surface area contributed by atoms with Gasteiger partial charge in [0.2, 0.25) is 0 Å². The second-order valence-electron chi connectivity index (χ2n) is 4.11. The number of hydrogen-bond acceptors (Lipinski definition) is 5. The molecule has 98 valence electrons. The first-order valence-corrected chi connectivity index (χ1v) is 6.73. The van der Waals surface area contributed by atoms with Crippen LogP contribution in [0.5, 0.6) is 11.5 Å². The fourth-order valence-electron chi connectivity index (χ4n) is 1.76. The van der Waals surface area contributed by atoms with Crippen molar-refractivity contribution in [1.82, 2.24) is 4.98 Å². The van der Waals surface area contributed by atoms with Crippen LogP contribution < -0.4 is 14.8 Å². The lowest BCUT2D eigenvalue weighted by molar-refractivity contribution is 0.102. The maximum Gasteiger partial charge on any atom is 0.284 e. The number of aromatic nitrogens is 1. The van der Waals surface area contributed by atoms with Crippen LogP contribution >= 0.6 is 11.3 Å². The van der Waals surface area contributed by atoms with Crippen molar-refractivity contribution in [2.75, 3.05) is 18.5 Å². The molecule has 6 heteroatoms. The normalized spacial score (nSPS) is 13.1. The molecule has 0 spiro atoms. The number of thiazole rings is 1. The summed E-state index contributed by atoms with van der Waals surface area (Å²) >= 11 is 1.33. The van der Waals surface area contributed by atoms with Crippen molar-refractivity contribution < 1.29 is 14.3 Å². The van der Waals surface area contributed by atoms with E-state index in [2.05, 4.69) is 10.3 Å². The van der Waals surface area contributed by atoms with Gasteiger partial charge in [-0.15, -0.1) is 11.3 Å². The first kappa shape index (κ1) is 12.0. The number of fused-ring (bicyclic) bond motifs is 1. The molecule has 1 aromatic heterocycles. The largest absolute Gasteiger partial charge is 0.486 e. The van der Waals surface area contributed by atoms with Crippen LogP contribution in [0.25, 0.3) is 0 Å². The smallest absolute Gasteiger partial charge is 0.284 e. The van der Waals surface area contributed by atoms with Crippen molar-refractivity contribution in [2.24, 2.45) is 0 Å². The number of nitrogens with one attached hydrogen (secondary N) is 1. The summed E-state index contributed by atoms with van der Waals surface area (Å²) in [7, 11) is 0. The minimum absolute atomic E-state index is 0.213. The summed E-state index contributed by atoms with van der Waals surface area (Å²) in [4.78, 5) is 16.1. The summed E-state index contributed by atoms with van der Waals surface area (Å²) in [6, 6.07) is 5.33. The van der Waals surface area contributed by atoms with E-state index >= 15 is 0 Å². The van der Waals surface area contributed by atoms with E-state index in [0.29, 0.717) is 35.4 Å². The van der Waals surface area contributed by atoms with Crippen molar-refractivity contribution in [3.8, 4) is 11.5 Å². The van der Waals surface area contributed by atoms with Gasteiger partial charge in [-0.1, -0.05) is 0 Å². The van der Waals surface area contributed by atoms with Crippen LogP contribution in [0, 0.1) is 6.92 Å². The van der Waals surface area contributed by atoms with Gasteiger partial charge >= 0.3 is 0 Å². The topological polar surface area (TPSA) is 60.5 Å². The second kappa shape index (κ2) is 4.89. The fourth-order valence-corrected chi connectivity index (χ4v) is 2.45. The van der Waals surface area contributed by atoms with Crippen LogP contribution in [0.4, 0.5) is 5.69 Å². The molecule has 0 aliphatic carbocycles. The van der Waals surface area contributed by atoms with Gasteiger partial charge in [0.25, 0.3) is 5.91 Å². The fraction of sp³-hybridized carbons (Fsp3) is 0.231. The Morgan fingerprint density at radius 3 is 2.84 bits per heavy atom. The third-order valence-corrected chi connectivity index (χ3v) is 3.57. The van der Waals surface area contributed by atoms with Crippen LogP contribution in [-0.2, 0) is 0 Å². The number of carbonyl (C=O) groups excluding carboxylic acids is 1. The molecular weight excluding hydrogens is 264 g/mol. The molecular formula is C13H12N2O3S. The van der Waals surface area contributed by atoms with Gasteiger partial charge in [-0.2, -0.15) is 0 Å². The van der Waals surface area contributed by atoms with Gasteiger partial charge in [-0.25, -0.2) is 4.98 Å². The number of anilines is 1. The molecule has 1 aromatic carbocycles. The van der Waals surface area contributed by atoms with Crippen molar-refractivity contribution >= 4 is 22.9 Å². The molecule has 2 aromatic rings. The zero-order valence-corrected chi connectivity index (χ0v) is 11.1. The average molecular weight is 276 g/mol. The van der Waals surface area contributed by atoms with E-state index < -0.39 is 0 Å². The molecule has 0 radical (unpaired) electrons. The van der Waals surface area contributed by atoms with Crippen molar-refractivity contribution in [2.45, 2.75) is 6.92 Å². The van der Waals surface area contributed by atoms with Gasteiger partial charge in [0, 0.05) is 22.8 Å². The number of aryl methyl sites for hydroxylation is 1. The van der Waals surface area contributed by atoms with Gasteiger partial charge in [0.05, 0.1) is 0 Å². The molecule has 3 rings (SSSR count). The van der Waals surface area contributed by atoms with Gasteiger partial charge in [0.15, 0.2) is 16.5 Å². The lowest BCUT2D eigenvalue weighted by atomic mass is 10.2. The van der Waals surface area contributed by atoms with Gasteiger partial charge < -0.3 is 14.8 Å². The molecule has 2 heterocycles. The first-order chi connectivity index (χ1) is 9.22. The Morgan fingerprint density at radius 2 is 2.11 bits per heavy atom. The van der Waals surface area contributed by atoms with Crippen LogP contribution in [0.1, 0.15) is 15.5 Å². The van der Waals surface area contributed by atoms with Crippen molar-refractivity contribution in [3.63, 3.8) is 0 Å². The number of benzene rings is 1. The number of hydrogen-bond donors (Lipinski definition) is 1. The molecule has 1 aliphatic heterocycles. The Hall–Kier alpha value is -2.08. The van der Waals surface area contributed by atoms with E-state index in [1.807, 2.05) is 12.3 Å². The zero-order valence-electron chi connectivity index (χ0n) is 10.3. The second-order valence-corrected chi connectivity index (χ2v) is 4.96. The standard InChI is InChI=1S/C13H12N2O3S/c1-8-7-19-13(14-8)12(16)15-9-2-3-10-11(6-9)18-5-4-17-10/h2-3,6-7H,4-5H2,1H3,(H,15,16). The molecule has 19 heavy (non-hydrogen) atoms. The van der Waals surface area contributed by atoms with E-state index in [9.17, 15) is 4.79 Å². The Balaban J connectivity index is 1.78. The predicted molar refractivity (Wildman–Crippen MR) is 72.2 cm³/mol. The lowest BCUT2D eigenvalue weighted by Crippen LogP contribution is -2.16. The number of nitrogens with zero attached hydrogens (tertiary/aromatic N) is 1. The summed E-state index contributed by atoms with van der Waals surface area (Å²) in [5.41, 5.74) is 1.51. The van der Waals surface area contributed by atoms with E-state index in [0.717, 1.165) is 5.69 Å². The third-order valence-electron chi connectivity index (χ3n) is 2.61. The first-order valence-electron chi connectivity index (χ1n) is 5.85. The Morgan fingerprint density at radius 1 is 1.32 bits per heavy atom. The molecule has 0 atom stereocenters. The van der Waals surface area contributed by atoms with Crippen LogP contribution in [0.15, 0.2) is 23.6 Å². The monoisotopic (exact) mass is 276 g/mol. The average Bonchev–Trinajstić information content (AvgIpc) is 2.85. The van der Waals surface area contributed by atoms with Gasteiger partial charge in [-0.3, -0.25) is 4.79 Å². The molecule has 1 aliphatic rings. The molecule has 1 amide bonds. The number of carbonyl (C=O) groups is 1. The summed E-state index contributed by atoms with van der Waals surface area (Å²) in [5, 5.41) is 5.09. The molecule has 1 N–H and O–H groups in total. The van der Waals surface area contributed by atoms with Crippen molar-refractivity contribution in [3.05, 3.63) is 34.3 Å². The lowest BCUT2D eigenvalue weighted by Gasteiger charge is -2.18. The quantitative estimate of drug-likeness (QED) is 0.915. The minimum atomic E-state index is -0.213. The van der Waals surface area contributed by atoms with Gasteiger partial charge in [0.1, 0.15) is 13.2 Å². The SMILES string of the molecule is Cc1csc(C(=O)Nc2ccc3c(c2)OCCO3)n1. The van der Waals surface area contributed by atoms with Crippen LogP contribution in [0.2, 0.25) is 0 Å². The molecule has 0 unspecified atom stereocenters. The zero-order chi connectivity index (χ0) is 13.2. The van der Waals surface area contributed by atoms with E-state index in [-0.39, 0.29) is 5.91 Å². The Kier molecular flexibility index (Phi) is 3.08. The molecule has 5 nitrogen and oxygen atoms in total. The summed E-state index contributed by atoms with van der Waals surface area (Å²) in [6.45, 7) is 2.94. The maximum absolute atomic E-state index is 12.0.